The molecule has 0 spiro atoms. The predicted octanol–water partition coefficient (Wildman–Crippen LogP) is 7.94. The molecule has 3 heteroatoms. The number of rotatable bonds is 11. The SMILES string of the molecule is CC(C=CC1=C(C)CCCC1(C)C)=CC=CC(C)=CCO.CCCCCCCC(=O)O. The van der Waals surface area contributed by atoms with E-state index in [0.29, 0.717) is 11.8 Å². The molecule has 0 saturated carbocycles. The highest BCUT2D eigenvalue weighted by Crippen LogP contribution is 2.40. The number of aliphatic carboxylic acids is 1. The van der Waals surface area contributed by atoms with E-state index in [4.69, 9.17) is 10.2 Å². The van der Waals surface area contributed by atoms with Gasteiger partial charge in [-0.3, -0.25) is 4.79 Å². The molecular weight excluding hydrogens is 384 g/mol. The Bertz CT molecular complexity index is 672. The van der Waals surface area contributed by atoms with Crippen molar-refractivity contribution in [2.45, 2.75) is 99.3 Å². The van der Waals surface area contributed by atoms with E-state index in [1.165, 1.54) is 55.2 Å². The van der Waals surface area contributed by atoms with Crippen LogP contribution in [0.1, 0.15) is 99.3 Å². The second-order valence-electron chi connectivity index (χ2n) is 9.22. The third kappa shape index (κ3) is 14.7. The standard InChI is InChI=1S/C20H30O.C8H16O2/c1-16(8-6-9-17(2)13-15-21)11-12-19-18(3)10-7-14-20(19,4)5;1-2-3-4-5-6-7-8(9)10/h6,8-9,11-13,21H,7,10,14-15H2,1-5H3;2-7H2,1H3,(H,9,10). The summed E-state index contributed by atoms with van der Waals surface area (Å²) in [5.41, 5.74) is 5.66. The Morgan fingerprint density at radius 2 is 1.74 bits per heavy atom. The molecule has 31 heavy (non-hydrogen) atoms. The predicted molar refractivity (Wildman–Crippen MR) is 134 cm³/mol. The minimum atomic E-state index is -0.670. The van der Waals surface area contributed by atoms with Crippen molar-refractivity contribution in [3.05, 3.63) is 58.7 Å². The van der Waals surface area contributed by atoms with E-state index in [1.807, 2.05) is 19.1 Å². The molecular formula is C28H46O3. The molecule has 0 amide bonds. The van der Waals surface area contributed by atoms with Crippen LogP contribution in [0.25, 0.3) is 0 Å². The Labute approximate surface area is 191 Å². The number of carbonyl (C=O) groups is 1. The Morgan fingerprint density at radius 1 is 1.06 bits per heavy atom. The molecule has 0 aliphatic heterocycles. The minimum absolute atomic E-state index is 0.0985. The number of carboxylic acid groups (broad SMARTS) is 1. The molecule has 176 valence electrons. The summed E-state index contributed by atoms with van der Waals surface area (Å²) >= 11 is 0. The summed E-state index contributed by atoms with van der Waals surface area (Å²) in [7, 11) is 0. The van der Waals surface area contributed by atoms with E-state index in [0.717, 1.165) is 18.4 Å². The zero-order valence-electron chi connectivity index (χ0n) is 20.8. The number of hydrogen-bond donors (Lipinski definition) is 2. The van der Waals surface area contributed by atoms with Crippen molar-refractivity contribution in [2.24, 2.45) is 5.41 Å². The maximum absolute atomic E-state index is 10.0. The van der Waals surface area contributed by atoms with Crippen LogP contribution < -0.4 is 0 Å². The highest BCUT2D eigenvalue weighted by molar-refractivity contribution is 5.66. The van der Waals surface area contributed by atoms with Gasteiger partial charge in [-0.15, -0.1) is 0 Å². The lowest BCUT2D eigenvalue weighted by Crippen LogP contribution is -2.19. The Hall–Kier alpha value is -1.87. The van der Waals surface area contributed by atoms with Crippen molar-refractivity contribution in [2.75, 3.05) is 6.61 Å². The van der Waals surface area contributed by atoms with E-state index >= 15 is 0 Å². The van der Waals surface area contributed by atoms with Gasteiger partial charge >= 0.3 is 5.97 Å². The fourth-order valence-electron chi connectivity index (χ4n) is 3.72. The van der Waals surface area contributed by atoms with Gasteiger partial charge in [-0.05, 0) is 57.4 Å². The van der Waals surface area contributed by atoms with Crippen LogP contribution in [0.3, 0.4) is 0 Å². The quantitative estimate of drug-likeness (QED) is 0.258. The first-order valence-corrected chi connectivity index (χ1v) is 11.9. The lowest BCUT2D eigenvalue weighted by molar-refractivity contribution is -0.137. The molecule has 0 aromatic carbocycles. The van der Waals surface area contributed by atoms with E-state index in [-0.39, 0.29) is 6.61 Å². The Morgan fingerprint density at radius 3 is 2.32 bits per heavy atom. The highest BCUT2D eigenvalue weighted by Gasteiger charge is 2.26. The van der Waals surface area contributed by atoms with Crippen molar-refractivity contribution in [3.63, 3.8) is 0 Å². The average Bonchev–Trinajstić information content (AvgIpc) is 2.67. The summed E-state index contributed by atoms with van der Waals surface area (Å²) in [6.07, 6.45) is 22.2. The molecule has 0 bridgehead atoms. The van der Waals surface area contributed by atoms with Crippen molar-refractivity contribution >= 4 is 5.97 Å². The number of carboxylic acids is 1. The van der Waals surface area contributed by atoms with Gasteiger partial charge in [-0.2, -0.15) is 0 Å². The second kappa shape index (κ2) is 16.8. The summed E-state index contributed by atoms with van der Waals surface area (Å²) in [5, 5.41) is 17.1. The monoisotopic (exact) mass is 430 g/mol. The molecule has 3 nitrogen and oxygen atoms in total. The lowest BCUT2D eigenvalue weighted by atomic mass is 9.72. The van der Waals surface area contributed by atoms with Crippen molar-refractivity contribution in [3.8, 4) is 0 Å². The first-order valence-electron chi connectivity index (χ1n) is 11.9. The zero-order valence-corrected chi connectivity index (χ0v) is 20.8. The van der Waals surface area contributed by atoms with Crippen molar-refractivity contribution in [1.82, 2.24) is 0 Å². The maximum atomic E-state index is 10.0. The van der Waals surface area contributed by atoms with Crippen molar-refractivity contribution in [1.29, 1.82) is 0 Å². The molecule has 1 aliphatic carbocycles. The first kappa shape index (κ1) is 29.1. The first-order chi connectivity index (χ1) is 14.6. The highest BCUT2D eigenvalue weighted by atomic mass is 16.4. The van der Waals surface area contributed by atoms with Crippen LogP contribution in [0.2, 0.25) is 0 Å². The second-order valence-corrected chi connectivity index (χ2v) is 9.22. The molecule has 0 aromatic rings. The smallest absolute Gasteiger partial charge is 0.303 e. The average molecular weight is 431 g/mol. The number of aliphatic hydroxyl groups excluding tert-OH is 1. The van der Waals surface area contributed by atoms with Crippen molar-refractivity contribution < 1.29 is 15.0 Å². The Balaban J connectivity index is 0.000000759. The summed E-state index contributed by atoms with van der Waals surface area (Å²) < 4.78 is 0. The molecule has 0 unspecified atom stereocenters. The van der Waals surface area contributed by atoms with Gasteiger partial charge in [0.1, 0.15) is 0 Å². The summed E-state index contributed by atoms with van der Waals surface area (Å²) in [4.78, 5) is 10.0. The topological polar surface area (TPSA) is 57.5 Å². The molecule has 2 N–H and O–H groups in total. The molecule has 1 aliphatic rings. The van der Waals surface area contributed by atoms with Gasteiger partial charge in [0.25, 0.3) is 0 Å². The Kier molecular flexibility index (Phi) is 15.8. The number of hydrogen-bond acceptors (Lipinski definition) is 2. The molecule has 0 radical (unpaired) electrons. The van der Waals surface area contributed by atoms with Gasteiger partial charge in [-0.1, -0.05) is 99.6 Å². The fraction of sp³-hybridized carbons (Fsp3) is 0.607. The third-order valence-corrected chi connectivity index (χ3v) is 5.68. The number of allylic oxidation sites excluding steroid dienone is 9. The molecule has 0 heterocycles. The number of unbranched alkanes of at least 4 members (excludes halogenated alkanes) is 4. The van der Waals surface area contributed by atoms with Crippen LogP contribution >= 0.6 is 0 Å². The summed E-state index contributed by atoms with van der Waals surface area (Å²) in [5.74, 6) is -0.670. The molecule has 0 aromatic heterocycles. The lowest BCUT2D eigenvalue weighted by Gasteiger charge is -2.32. The molecule has 0 atom stereocenters. The van der Waals surface area contributed by atoms with Crippen LogP contribution in [0, 0.1) is 5.41 Å². The van der Waals surface area contributed by atoms with E-state index < -0.39 is 5.97 Å². The number of aliphatic hydroxyl groups is 1. The van der Waals surface area contributed by atoms with Gasteiger partial charge in [0.2, 0.25) is 0 Å². The van der Waals surface area contributed by atoms with Crippen LogP contribution in [-0.2, 0) is 4.79 Å². The molecule has 0 saturated heterocycles. The zero-order chi connectivity index (χ0) is 23.7. The van der Waals surface area contributed by atoms with Crippen LogP contribution in [0.15, 0.2) is 58.7 Å². The molecule has 1 rings (SSSR count). The minimum Gasteiger partial charge on any atom is -0.481 e. The third-order valence-electron chi connectivity index (χ3n) is 5.68. The van der Waals surface area contributed by atoms with Crippen LogP contribution in [0.4, 0.5) is 0 Å². The van der Waals surface area contributed by atoms with Gasteiger partial charge in [0, 0.05) is 6.42 Å². The maximum Gasteiger partial charge on any atom is 0.303 e. The summed E-state index contributed by atoms with van der Waals surface area (Å²) in [6.45, 7) is 13.3. The van der Waals surface area contributed by atoms with E-state index in [9.17, 15) is 4.79 Å². The summed E-state index contributed by atoms with van der Waals surface area (Å²) in [6, 6.07) is 0. The van der Waals surface area contributed by atoms with Gasteiger partial charge in [0.05, 0.1) is 6.61 Å². The fourth-order valence-corrected chi connectivity index (χ4v) is 3.72. The normalized spacial score (nSPS) is 17.3. The van der Waals surface area contributed by atoms with E-state index in [1.54, 1.807) is 6.08 Å². The largest absolute Gasteiger partial charge is 0.481 e. The van der Waals surface area contributed by atoms with Gasteiger partial charge in [-0.25, -0.2) is 0 Å². The van der Waals surface area contributed by atoms with Gasteiger partial charge in [0.15, 0.2) is 0 Å². The van der Waals surface area contributed by atoms with E-state index in [2.05, 4.69) is 52.8 Å². The van der Waals surface area contributed by atoms with Gasteiger partial charge < -0.3 is 10.2 Å². The van der Waals surface area contributed by atoms with Crippen LogP contribution in [-0.4, -0.2) is 22.8 Å². The van der Waals surface area contributed by atoms with Crippen LogP contribution in [0.5, 0.6) is 0 Å². The molecule has 0 fully saturated rings.